The Morgan fingerprint density at radius 2 is 1.85 bits per heavy atom. The molecule has 0 aliphatic heterocycles. The van der Waals surface area contributed by atoms with Gasteiger partial charge in [0.25, 0.3) is 0 Å². The summed E-state index contributed by atoms with van der Waals surface area (Å²) in [5.41, 5.74) is 1.01. The van der Waals surface area contributed by atoms with E-state index in [9.17, 15) is 4.79 Å². The predicted octanol–water partition coefficient (Wildman–Crippen LogP) is 4.37. The highest BCUT2D eigenvalue weighted by Crippen LogP contribution is 2.29. The molecule has 20 heavy (non-hydrogen) atoms. The molecule has 3 heteroatoms. The van der Waals surface area contributed by atoms with E-state index in [0.29, 0.717) is 23.1 Å². The van der Waals surface area contributed by atoms with E-state index >= 15 is 0 Å². The Hall–Kier alpha value is -1.64. The van der Waals surface area contributed by atoms with E-state index in [4.69, 9.17) is 4.42 Å². The second-order valence-corrected chi connectivity index (χ2v) is 5.49. The molecule has 0 N–H and O–H groups in total. The number of rotatable bonds is 3. The smallest absolute Gasteiger partial charge is 0.342 e. The van der Waals surface area contributed by atoms with E-state index in [-0.39, 0.29) is 5.63 Å². The summed E-state index contributed by atoms with van der Waals surface area (Å²) >= 11 is 0. The van der Waals surface area contributed by atoms with Gasteiger partial charge < -0.3 is 4.42 Å². The van der Waals surface area contributed by atoms with Crippen molar-refractivity contribution in [1.82, 2.24) is 4.98 Å². The zero-order valence-corrected chi connectivity index (χ0v) is 12.2. The summed E-state index contributed by atoms with van der Waals surface area (Å²) in [6.07, 6.45) is 13.7. The van der Waals surface area contributed by atoms with Crippen molar-refractivity contribution in [3.63, 3.8) is 0 Å². The van der Waals surface area contributed by atoms with Crippen LogP contribution in [-0.4, -0.2) is 4.98 Å². The van der Waals surface area contributed by atoms with E-state index in [2.05, 4.69) is 11.6 Å². The van der Waals surface area contributed by atoms with Gasteiger partial charge in [-0.2, -0.15) is 0 Å². The van der Waals surface area contributed by atoms with Crippen LogP contribution >= 0.6 is 0 Å². The van der Waals surface area contributed by atoms with Crippen LogP contribution in [0.4, 0.5) is 0 Å². The average molecular weight is 273 g/mol. The van der Waals surface area contributed by atoms with Gasteiger partial charge in [0.05, 0.1) is 11.3 Å². The molecule has 0 amide bonds. The van der Waals surface area contributed by atoms with E-state index < -0.39 is 0 Å². The molecule has 0 aromatic carbocycles. The number of allylic oxidation sites excluding steroid dienone is 2. The van der Waals surface area contributed by atoms with Crippen LogP contribution in [0.25, 0.3) is 6.08 Å². The first kappa shape index (κ1) is 14.8. The first-order chi connectivity index (χ1) is 9.72. The molecule has 1 fully saturated rings. The fourth-order valence-electron chi connectivity index (χ4n) is 2.70. The third kappa shape index (κ3) is 3.69. The van der Waals surface area contributed by atoms with Crippen LogP contribution in [0.15, 0.2) is 27.9 Å². The molecule has 1 aliphatic rings. The maximum Gasteiger partial charge on any atom is 0.342 e. The minimum Gasteiger partial charge on any atom is -0.408 e. The minimum atomic E-state index is -0.263. The third-order valence-corrected chi connectivity index (χ3v) is 3.96. The van der Waals surface area contributed by atoms with Crippen LogP contribution in [0.2, 0.25) is 0 Å². The van der Waals surface area contributed by atoms with Gasteiger partial charge in [-0.25, -0.2) is 9.78 Å². The minimum absolute atomic E-state index is 0.263. The molecular weight excluding hydrogens is 250 g/mol. The zero-order chi connectivity index (χ0) is 14.4. The number of nitrogens with zero attached hydrogens (tertiary/aromatic N) is 1. The molecule has 108 valence electrons. The van der Waals surface area contributed by atoms with Gasteiger partial charge in [0, 0.05) is 5.92 Å². The van der Waals surface area contributed by atoms with Gasteiger partial charge in [0.2, 0.25) is 5.89 Å². The van der Waals surface area contributed by atoms with Gasteiger partial charge in [0.1, 0.15) is 0 Å². The average Bonchev–Trinajstić information content (AvgIpc) is 2.40. The Morgan fingerprint density at radius 1 is 1.20 bits per heavy atom. The molecule has 1 aliphatic carbocycles. The van der Waals surface area contributed by atoms with Crippen molar-refractivity contribution in [3.05, 3.63) is 46.3 Å². The molecule has 1 saturated carbocycles. The lowest BCUT2D eigenvalue weighted by atomic mass is 9.91. The number of aromatic nitrogens is 1. The third-order valence-electron chi connectivity index (χ3n) is 3.96. The van der Waals surface area contributed by atoms with E-state index in [0.717, 1.165) is 12.8 Å². The molecule has 0 spiro atoms. The lowest BCUT2D eigenvalue weighted by Crippen LogP contribution is -2.14. The molecule has 0 unspecified atom stereocenters. The Labute approximate surface area is 120 Å². The summed E-state index contributed by atoms with van der Waals surface area (Å²) in [5.74, 6) is 0.908. The second-order valence-electron chi connectivity index (χ2n) is 5.49. The van der Waals surface area contributed by atoms with Crippen LogP contribution < -0.4 is 5.63 Å². The second kappa shape index (κ2) is 7.22. The van der Waals surface area contributed by atoms with Gasteiger partial charge in [-0.1, -0.05) is 50.8 Å². The highest BCUT2D eigenvalue weighted by Gasteiger charge is 2.19. The Bertz CT molecular complexity index is 534. The maximum atomic E-state index is 12.0. The van der Waals surface area contributed by atoms with Gasteiger partial charge in [0.15, 0.2) is 0 Å². The number of hydrogen-bond donors (Lipinski definition) is 0. The quantitative estimate of drug-likeness (QED) is 0.768. The van der Waals surface area contributed by atoms with Crippen LogP contribution in [-0.2, 0) is 0 Å². The summed E-state index contributed by atoms with van der Waals surface area (Å²) in [5, 5.41) is 0. The van der Waals surface area contributed by atoms with Gasteiger partial charge in [-0.3, -0.25) is 0 Å². The van der Waals surface area contributed by atoms with Crippen LogP contribution in [0.1, 0.15) is 68.0 Å². The van der Waals surface area contributed by atoms with Crippen molar-refractivity contribution in [2.75, 3.05) is 0 Å². The summed E-state index contributed by atoms with van der Waals surface area (Å²) in [7, 11) is 0. The molecule has 1 aromatic heterocycles. The summed E-state index contributed by atoms with van der Waals surface area (Å²) in [4.78, 5) is 16.5. The van der Waals surface area contributed by atoms with Crippen molar-refractivity contribution in [2.24, 2.45) is 0 Å². The molecule has 1 aromatic rings. The molecule has 1 heterocycles. The summed E-state index contributed by atoms with van der Waals surface area (Å²) in [6.45, 7) is 5.40. The molecule has 0 radical (unpaired) electrons. The van der Waals surface area contributed by atoms with Crippen molar-refractivity contribution >= 4 is 6.08 Å². The maximum absolute atomic E-state index is 12.0. The Morgan fingerprint density at radius 3 is 2.50 bits per heavy atom. The van der Waals surface area contributed by atoms with Gasteiger partial charge >= 0.3 is 5.63 Å². The standard InChI is InChI=1S/C17H23NO2/c1-3-4-12-15-13(2)17(19)20-16(18-15)14-10-8-6-5-7-9-11-14/h3-4,12,14H,1,5-11H2,2H3/b12-4-. The lowest BCUT2D eigenvalue weighted by molar-refractivity contribution is 0.346. The highest BCUT2D eigenvalue weighted by atomic mass is 16.4. The molecule has 2 rings (SSSR count). The normalized spacial score (nSPS) is 17.9. The fourth-order valence-corrected chi connectivity index (χ4v) is 2.70. The Kier molecular flexibility index (Phi) is 5.33. The predicted molar refractivity (Wildman–Crippen MR) is 81.8 cm³/mol. The van der Waals surface area contributed by atoms with Crippen molar-refractivity contribution in [3.8, 4) is 0 Å². The van der Waals surface area contributed by atoms with Crippen LogP contribution in [0, 0.1) is 6.92 Å². The van der Waals surface area contributed by atoms with E-state index in [1.54, 1.807) is 19.1 Å². The lowest BCUT2D eigenvalue weighted by Gasteiger charge is -2.18. The van der Waals surface area contributed by atoms with Crippen LogP contribution in [0.3, 0.4) is 0 Å². The first-order valence-corrected chi connectivity index (χ1v) is 7.53. The van der Waals surface area contributed by atoms with Crippen molar-refractivity contribution < 1.29 is 4.42 Å². The topological polar surface area (TPSA) is 43.1 Å². The molecule has 0 saturated heterocycles. The first-order valence-electron chi connectivity index (χ1n) is 7.53. The van der Waals surface area contributed by atoms with Gasteiger partial charge in [-0.05, 0) is 25.8 Å². The SMILES string of the molecule is C=C/C=C\c1nc(C2CCCCCCC2)oc(=O)c1C. The van der Waals surface area contributed by atoms with Crippen LogP contribution in [0.5, 0.6) is 0 Å². The van der Waals surface area contributed by atoms with E-state index in [1.165, 1.54) is 32.1 Å². The van der Waals surface area contributed by atoms with Gasteiger partial charge in [-0.15, -0.1) is 0 Å². The largest absolute Gasteiger partial charge is 0.408 e. The van der Waals surface area contributed by atoms with Crippen molar-refractivity contribution in [1.29, 1.82) is 0 Å². The Balaban J connectivity index is 2.30. The zero-order valence-electron chi connectivity index (χ0n) is 12.2. The monoisotopic (exact) mass is 273 g/mol. The van der Waals surface area contributed by atoms with E-state index in [1.807, 2.05) is 6.08 Å². The highest BCUT2D eigenvalue weighted by molar-refractivity contribution is 5.49. The van der Waals surface area contributed by atoms with Crippen molar-refractivity contribution in [2.45, 2.75) is 57.8 Å². The number of hydrogen-bond acceptors (Lipinski definition) is 3. The molecule has 0 atom stereocenters. The molecular formula is C17H23NO2. The summed E-state index contributed by atoms with van der Waals surface area (Å²) in [6, 6.07) is 0. The summed E-state index contributed by atoms with van der Waals surface area (Å²) < 4.78 is 5.44. The molecule has 3 nitrogen and oxygen atoms in total. The molecule has 0 bridgehead atoms. The fraction of sp³-hybridized carbons (Fsp3) is 0.529.